The number of aromatic nitrogens is 1. The summed E-state index contributed by atoms with van der Waals surface area (Å²) in [6.45, 7) is 0. The van der Waals surface area contributed by atoms with Crippen LogP contribution in [0.1, 0.15) is 28.8 Å². The summed E-state index contributed by atoms with van der Waals surface area (Å²) in [5.74, 6) is -0.632. The van der Waals surface area contributed by atoms with E-state index >= 15 is 0 Å². The smallest absolute Gasteiger partial charge is 0.356 e. The minimum absolute atomic E-state index is 0.0703. The molecule has 0 spiro atoms. The van der Waals surface area contributed by atoms with Crippen LogP contribution in [0, 0.1) is 0 Å². The Labute approximate surface area is 213 Å². The van der Waals surface area contributed by atoms with Crippen molar-refractivity contribution in [3.8, 4) is 22.6 Å². The van der Waals surface area contributed by atoms with E-state index in [1.165, 1.54) is 24.3 Å². The lowest BCUT2D eigenvalue weighted by Crippen LogP contribution is -2.50. The van der Waals surface area contributed by atoms with Gasteiger partial charge in [-0.25, -0.2) is 4.39 Å². The maximum atomic E-state index is 14.4. The number of benzene rings is 2. The molecule has 1 saturated carbocycles. The van der Waals surface area contributed by atoms with Crippen molar-refractivity contribution >= 4 is 40.7 Å². The van der Waals surface area contributed by atoms with Gasteiger partial charge in [0.2, 0.25) is 0 Å². The third-order valence-corrected chi connectivity index (χ3v) is 6.32. The second-order valence-corrected chi connectivity index (χ2v) is 9.21. The van der Waals surface area contributed by atoms with E-state index in [0.29, 0.717) is 5.56 Å². The predicted molar refractivity (Wildman–Crippen MR) is 118 cm³/mol. The highest BCUT2D eigenvalue weighted by Gasteiger charge is 2.73. The van der Waals surface area contributed by atoms with Crippen LogP contribution in [0.3, 0.4) is 0 Å². The highest BCUT2D eigenvalue weighted by atomic mass is 35.5. The Hall–Kier alpha value is -2.50. The first-order valence-corrected chi connectivity index (χ1v) is 11.2. The van der Waals surface area contributed by atoms with Crippen LogP contribution in [0.15, 0.2) is 40.9 Å². The lowest BCUT2D eigenvalue weighted by atomic mass is 9.93. The summed E-state index contributed by atoms with van der Waals surface area (Å²) in [5.41, 5.74) is -7.22. The molecule has 1 aliphatic carbocycles. The Morgan fingerprint density at radius 3 is 2.00 bits per heavy atom. The van der Waals surface area contributed by atoms with Crippen molar-refractivity contribution in [2.45, 2.75) is 36.9 Å². The van der Waals surface area contributed by atoms with Gasteiger partial charge in [-0.05, 0) is 37.1 Å². The van der Waals surface area contributed by atoms with E-state index in [4.69, 9.17) is 39.3 Å². The van der Waals surface area contributed by atoms with Gasteiger partial charge < -0.3 is 9.84 Å². The van der Waals surface area contributed by atoms with Crippen LogP contribution in [0.4, 0.5) is 30.7 Å². The van der Waals surface area contributed by atoms with Crippen LogP contribution < -0.4 is 5.32 Å². The first-order valence-electron chi connectivity index (χ1n) is 10.0. The molecule has 0 bridgehead atoms. The SMILES string of the molecule is O=C(NC1CC1)c1cc(-c2cc(-c3c(Cl)cc(C(F)(C(F)(F)F)C(F)(F)F)cc3Cl)on2)ccc1Cl. The van der Waals surface area contributed by atoms with Crippen molar-refractivity contribution in [3.63, 3.8) is 0 Å². The number of amides is 1. The molecular weight excluding hydrogens is 564 g/mol. The first-order chi connectivity index (χ1) is 16.6. The summed E-state index contributed by atoms with van der Waals surface area (Å²) >= 11 is 18.0. The molecule has 0 unspecified atom stereocenters. The van der Waals surface area contributed by atoms with Crippen molar-refractivity contribution in [1.82, 2.24) is 10.5 Å². The molecule has 1 heterocycles. The molecule has 1 amide bonds. The van der Waals surface area contributed by atoms with Crippen LogP contribution in [0.25, 0.3) is 22.6 Å². The molecule has 4 nitrogen and oxygen atoms in total. The number of carbonyl (C=O) groups is 1. The first kappa shape index (κ1) is 26.6. The molecule has 0 saturated heterocycles. The normalized spacial score (nSPS) is 14.7. The van der Waals surface area contributed by atoms with Crippen molar-refractivity contribution in [2.24, 2.45) is 0 Å². The molecule has 1 aliphatic rings. The summed E-state index contributed by atoms with van der Waals surface area (Å²) in [6, 6.07) is 6.04. The van der Waals surface area contributed by atoms with Crippen molar-refractivity contribution in [3.05, 3.63) is 62.6 Å². The number of carbonyl (C=O) groups excluding carboxylic acids is 1. The summed E-state index contributed by atoms with van der Waals surface area (Å²) in [7, 11) is 0. The molecule has 4 rings (SSSR count). The molecule has 2 aromatic carbocycles. The number of alkyl halides is 7. The zero-order chi connectivity index (χ0) is 26.6. The second kappa shape index (κ2) is 9.11. The topological polar surface area (TPSA) is 55.1 Å². The summed E-state index contributed by atoms with van der Waals surface area (Å²) in [6.07, 6.45) is -11.0. The van der Waals surface area contributed by atoms with E-state index in [2.05, 4.69) is 10.5 Å². The molecule has 3 aromatic rings. The van der Waals surface area contributed by atoms with Crippen LogP contribution in [0.2, 0.25) is 15.1 Å². The highest BCUT2D eigenvalue weighted by Crippen LogP contribution is 2.54. The highest BCUT2D eigenvalue weighted by molar-refractivity contribution is 6.39. The maximum Gasteiger partial charge on any atom is 0.435 e. The molecule has 36 heavy (non-hydrogen) atoms. The molecule has 0 radical (unpaired) electrons. The standard InChI is InChI=1S/C22H12Cl3F7N2O2/c23-13-4-1-9(5-12(13)19(35)33-11-2-3-11)16-8-17(36-34-16)18-14(24)6-10(7-15(18)25)20(26,21(27,28)29)22(30,31)32/h1,4-8,11H,2-3H2,(H,33,35). The molecule has 1 N–H and O–H groups in total. The molecule has 14 heteroatoms. The fourth-order valence-electron chi connectivity index (χ4n) is 3.37. The van der Waals surface area contributed by atoms with Gasteiger partial charge in [-0.15, -0.1) is 0 Å². The van der Waals surface area contributed by atoms with Crippen LogP contribution in [-0.4, -0.2) is 29.5 Å². The molecular formula is C22H12Cl3F7N2O2. The van der Waals surface area contributed by atoms with Crippen molar-refractivity contribution in [2.75, 3.05) is 0 Å². The summed E-state index contributed by atoms with van der Waals surface area (Å²) in [5, 5.41) is 5.27. The van der Waals surface area contributed by atoms with Gasteiger partial charge in [0.15, 0.2) is 5.76 Å². The van der Waals surface area contributed by atoms with Crippen molar-refractivity contribution < 1.29 is 40.1 Å². The number of halogens is 10. The van der Waals surface area contributed by atoms with Crippen molar-refractivity contribution in [1.29, 1.82) is 0 Å². The third kappa shape index (κ3) is 4.76. The number of hydrogen-bond acceptors (Lipinski definition) is 3. The molecule has 0 aliphatic heterocycles. The Balaban J connectivity index is 1.71. The van der Waals surface area contributed by atoms with Gasteiger partial charge in [0.05, 0.1) is 26.2 Å². The largest absolute Gasteiger partial charge is 0.435 e. The number of nitrogens with one attached hydrogen (secondary N) is 1. The van der Waals surface area contributed by atoms with Gasteiger partial charge in [-0.2, -0.15) is 26.3 Å². The minimum atomic E-state index is -6.34. The van der Waals surface area contributed by atoms with E-state index in [9.17, 15) is 35.5 Å². The fraction of sp³-hybridized carbons (Fsp3) is 0.273. The molecule has 192 valence electrons. The van der Waals surface area contributed by atoms with Gasteiger partial charge in [0, 0.05) is 23.2 Å². The van der Waals surface area contributed by atoms with E-state index in [1.807, 2.05) is 0 Å². The summed E-state index contributed by atoms with van der Waals surface area (Å²) in [4.78, 5) is 12.4. The van der Waals surface area contributed by atoms with Gasteiger partial charge >= 0.3 is 18.0 Å². The molecule has 1 aromatic heterocycles. The lowest BCUT2D eigenvalue weighted by Gasteiger charge is -2.30. The molecule has 1 fully saturated rings. The minimum Gasteiger partial charge on any atom is -0.356 e. The van der Waals surface area contributed by atoms with E-state index in [0.717, 1.165) is 12.8 Å². The zero-order valence-electron chi connectivity index (χ0n) is 17.5. The zero-order valence-corrected chi connectivity index (χ0v) is 19.8. The monoisotopic (exact) mass is 574 g/mol. The maximum absolute atomic E-state index is 14.4. The van der Waals surface area contributed by atoms with E-state index in [-0.39, 0.29) is 45.8 Å². The summed E-state index contributed by atoms with van der Waals surface area (Å²) < 4.78 is 98.2. The fourth-order valence-corrected chi connectivity index (χ4v) is 4.25. The lowest BCUT2D eigenvalue weighted by molar-refractivity contribution is -0.348. The molecule has 0 atom stereocenters. The van der Waals surface area contributed by atoms with E-state index < -0.39 is 39.5 Å². The second-order valence-electron chi connectivity index (χ2n) is 7.99. The van der Waals surface area contributed by atoms with Crippen LogP contribution in [-0.2, 0) is 5.67 Å². The van der Waals surface area contributed by atoms with Crippen LogP contribution >= 0.6 is 34.8 Å². The van der Waals surface area contributed by atoms with Gasteiger partial charge in [-0.1, -0.05) is 46.0 Å². The third-order valence-electron chi connectivity index (χ3n) is 5.40. The van der Waals surface area contributed by atoms with E-state index in [1.54, 1.807) is 0 Å². The Morgan fingerprint density at radius 2 is 1.47 bits per heavy atom. The van der Waals surface area contributed by atoms with Gasteiger partial charge in [0.1, 0.15) is 5.69 Å². The average molecular weight is 576 g/mol. The van der Waals surface area contributed by atoms with Crippen LogP contribution in [0.5, 0.6) is 0 Å². The Morgan fingerprint density at radius 1 is 0.889 bits per heavy atom. The van der Waals surface area contributed by atoms with Gasteiger partial charge in [-0.3, -0.25) is 4.79 Å². The number of nitrogens with zero attached hydrogens (tertiary/aromatic N) is 1. The Bertz CT molecular complexity index is 1300. The van der Waals surface area contributed by atoms with Gasteiger partial charge in [0.25, 0.3) is 5.91 Å². The predicted octanol–water partition coefficient (Wildman–Crippen LogP) is 8.15. The number of hydrogen-bond donors (Lipinski definition) is 1. The quantitative estimate of drug-likeness (QED) is 0.313. The average Bonchev–Trinajstić information content (AvgIpc) is 3.44. The Kier molecular flexibility index (Phi) is 6.72. The number of rotatable bonds is 5.